The molecule has 1 amide bonds. The van der Waals surface area contributed by atoms with Gasteiger partial charge in [0.15, 0.2) is 0 Å². The summed E-state index contributed by atoms with van der Waals surface area (Å²) in [5.74, 6) is 0.488. The van der Waals surface area contributed by atoms with Crippen molar-refractivity contribution in [3.05, 3.63) is 0 Å². The van der Waals surface area contributed by atoms with E-state index in [1.807, 2.05) is 13.8 Å². The molecule has 2 saturated carbocycles. The van der Waals surface area contributed by atoms with Crippen molar-refractivity contribution in [1.29, 1.82) is 0 Å². The smallest absolute Gasteiger partial charge is 0.223 e. The lowest BCUT2D eigenvalue weighted by Gasteiger charge is -2.31. The van der Waals surface area contributed by atoms with Crippen LogP contribution < -0.4 is 10.6 Å². The maximum Gasteiger partial charge on any atom is 0.223 e. The van der Waals surface area contributed by atoms with Crippen LogP contribution in [0.15, 0.2) is 0 Å². The van der Waals surface area contributed by atoms with Gasteiger partial charge in [-0.25, -0.2) is 0 Å². The molecule has 3 atom stereocenters. The summed E-state index contributed by atoms with van der Waals surface area (Å²) in [4.78, 5) is 14.8. The first-order valence-corrected chi connectivity index (χ1v) is 8.92. The van der Waals surface area contributed by atoms with Crippen LogP contribution in [0.3, 0.4) is 0 Å². The fourth-order valence-electron chi connectivity index (χ4n) is 4.01. The van der Waals surface area contributed by atoms with E-state index >= 15 is 0 Å². The van der Waals surface area contributed by atoms with Crippen molar-refractivity contribution in [2.24, 2.45) is 5.92 Å². The summed E-state index contributed by atoms with van der Waals surface area (Å²) >= 11 is 0. The van der Waals surface area contributed by atoms with Crippen molar-refractivity contribution in [3.8, 4) is 0 Å². The van der Waals surface area contributed by atoms with Gasteiger partial charge in [-0.3, -0.25) is 9.69 Å². The van der Waals surface area contributed by atoms with Gasteiger partial charge in [0, 0.05) is 43.2 Å². The first-order valence-electron chi connectivity index (χ1n) is 8.92. The average Bonchev–Trinajstić information content (AvgIpc) is 3.19. The van der Waals surface area contributed by atoms with E-state index in [9.17, 15) is 4.79 Å². The molecule has 4 heteroatoms. The zero-order valence-corrected chi connectivity index (χ0v) is 13.6. The lowest BCUT2D eigenvalue weighted by Crippen LogP contribution is -2.46. The zero-order valence-electron chi connectivity index (χ0n) is 13.6. The number of rotatable bonds is 5. The molecule has 0 spiro atoms. The van der Waals surface area contributed by atoms with Crippen molar-refractivity contribution < 1.29 is 4.79 Å². The van der Waals surface area contributed by atoms with Gasteiger partial charge in [0.1, 0.15) is 0 Å². The second kappa shape index (κ2) is 6.66. The van der Waals surface area contributed by atoms with Crippen molar-refractivity contribution in [2.45, 2.75) is 83.0 Å². The van der Waals surface area contributed by atoms with Crippen molar-refractivity contribution in [1.82, 2.24) is 15.5 Å². The normalized spacial score (nSPS) is 34.3. The van der Waals surface area contributed by atoms with Gasteiger partial charge in [0.2, 0.25) is 5.91 Å². The van der Waals surface area contributed by atoms with Crippen LogP contribution in [0.1, 0.15) is 58.8 Å². The maximum absolute atomic E-state index is 12.2. The summed E-state index contributed by atoms with van der Waals surface area (Å²) < 4.78 is 0. The number of nitrogens with one attached hydrogen (secondary N) is 2. The third-order valence-electron chi connectivity index (χ3n) is 5.23. The molecule has 0 aromatic rings. The third-order valence-corrected chi connectivity index (χ3v) is 5.23. The number of carbonyl (C=O) groups excluding carboxylic acids is 1. The molecule has 2 aliphatic carbocycles. The van der Waals surface area contributed by atoms with Crippen LogP contribution in [0.5, 0.6) is 0 Å². The van der Waals surface area contributed by atoms with Crippen LogP contribution in [0, 0.1) is 5.92 Å². The Kier molecular flexibility index (Phi) is 4.85. The van der Waals surface area contributed by atoms with E-state index in [4.69, 9.17) is 0 Å². The van der Waals surface area contributed by atoms with E-state index in [1.165, 1.54) is 45.2 Å². The highest BCUT2D eigenvalue weighted by Crippen LogP contribution is 2.31. The predicted octanol–water partition coefficient (Wildman–Crippen LogP) is 1.90. The minimum absolute atomic E-state index is 0.222. The largest absolute Gasteiger partial charge is 0.354 e. The average molecular weight is 293 g/mol. The summed E-state index contributed by atoms with van der Waals surface area (Å²) in [6.45, 7) is 6.58. The van der Waals surface area contributed by atoms with Crippen LogP contribution in [0.2, 0.25) is 0 Å². The summed E-state index contributed by atoms with van der Waals surface area (Å²) in [5.41, 5.74) is 0. The lowest BCUT2D eigenvalue weighted by molar-refractivity contribution is -0.126. The molecule has 1 heterocycles. The molecule has 21 heavy (non-hydrogen) atoms. The Morgan fingerprint density at radius 3 is 2.62 bits per heavy atom. The Bertz CT molecular complexity index is 367. The monoisotopic (exact) mass is 293 g/mol. The second-order valence-corrected chi connectivity index (χ2v) is 7.60. The summed E-state index contributed by atoms with van der Waals surface area (Å²) in [7, 11) is 0. The summed E-state index contributed by atoms with van der Waals surface area (Å²) in [6, 6.07) is 2.36. The van der Waals surface area contributed by atoms with Crippen LogP contribution >= 0.6 is 0 Å². The number of nitrogens with zero attached hydrogens (tertiary/aromatic N) is 1. The van der Waals surface area contributed by atoms with Gasteiger partial charge in [0.05, 0.1) is 0 Å². The summed E-state index contributed by atoms with van der Waals surface area (Å²) in [5, 5.41) is 6.93. The first kappa shape index (κ1) is 15.3. The zero-order chi connectivity index (χ0) is 14.8. The van der Waals surface area contributed by atoms with Gasteiger partial charge < -0.3 is 10.6 Å². The Morgan fingerprint density at radius 1 is 1.10 bits per heavy atom. The fraction of sp³-hybridized carbons (Fsp3) is 0.941. The molecule has 3 rings (SSSR count). The van der Waals surface area contributed by atoms with E-state index in [2.05, 4.69) is 15.5 Å². The maximum atomic E-state index is 12.2. The van der Waals surface area contributed by atoms with Gasteiger partial charge in [-0.2, -0.15) is 0 Å². The molecule has 1 aliphatic heterocycles. The van der Waals surface area contributed by atoms with E-state index in [-0.39, 0.29) is 17.9 Å². The van der Waals surface area contributed by atoms with Crippen LogP contribution in [0.4, 0.5) is 0 Å². The van der Waals surface area contributed by atoms with E-state index < -0.39 is 0 Å². The summed E-state index contributed by atoms with van der Waals surface area (Å²) in [6.07, 6.45) is 8.63. The van der Waals surface area contributed by atoms with Gasteiger partial charge >= 0.3 is 0 Å². The highest BCUT2D eigenvalue weighted by molar-refractivity contribution is 5.79. The highest BCUT2D eigenvalue weighted by Gasteiger charge is 2.36. The predicted molar refractivity (Wildman–Crippen MR) is 85.2 cm³/mol. The Morgan fingerprint density at radius 2 is 1.90 bits per heavy atom. The quantitative estimate of drug-likeness (QED) is 0.814. The minimum atomic E-state index is 0.222. The molecule has 4 nitrogen and oxygen atoms in total. The molecular formula is C17H31N3O. The molecule has 0 radical (unpaired) electrons. The standard InChI is InChI=1S/C17H31N3O/c1-12(2)18-17(21)13-4-3-5-14(10-13)19-15-8-9-20(11-15)16-6-7-16/h12-16,19H,3-11H2,1-2H3,(H,18,21)/t13-,14-,15+/m1/s1. The molecular weight excluding hydrogens is 262 g/mol. The van der Waals surface area contributed by atoms with Gasteiger partial charge in [-0.15, -0.1) is 0 Å². The topological polar surface area (TPSA) is 44.4 Å². The molecule has 0 aromatic carbocycles. The Balaban J connectivity index is 1.44. The number of carbonyl (C=O) groups is 1. The van der Waals surface area contributed by atoms with Crippen molar-refractivity contribution in [2.75, 3.05) is 13.1 Å². The van der Waals surface area contributed by atoms with Crippen LogP contribution in [-0.2, 0) is 4.79 Å². The minimum Gasteiger partial charge on any atom is -0.354 e. The molecule has 1 saturated heterocycles. The Hall–Kier alpha value is -0.610. The van der Waals surface area contributed by atoms with E-state index in [0.717, 1.165) is 18.9 Å². The van der Waals surface area contributed by atoms with E-state index in [0.29, 0.717) is 12.1 Å². The number of likely N-dealkylation sites (tertiary alicyclic amines) is 1. The van der Waals surface area contributed by atoms with Gasteiger partial charge in [-0.05, 0) is 52.4 Å². The van der Waals surface area contributed by atoms with Crippen LogP contribution in [-0.4, -0.2) is 48.1 Å². The first-order chi connectivity index (χ1) is 10.1. The van der Waals surface area contributed by atoms with Gasteiger partial charge in [-0.1, -0.05) is 6.42 Å². The SMILES string of the molecule is CC(C)NC(=O)[C@@H]1CCC[C@@H](N[C@H]2CCN(C3CC3)C2)C1. The molecule has 3 fully saturated rings. The van der Waals surface area contributed by atoms with Crippen molar-refractivity contribution in [3.63, 3.8) is 0 Å². The molecule has 2 N–H and O–H groups in total. The molecule has 0 bridgehead atoms. The van der Waals surface area contributed by atoms with Crippen LogP contribution in [0.25, 0.3) is 0 Å². The van der Waals surface area contributed by atoms with E-state index in [1.54, 1.807) is 0 Å². The number of hydrogen-bond acceptors (Lipinski definition) is 3. The fourth-order valence-corrected chi connectivity index (χ4v) is 4.01. The highest BCUT2D eigenvalue weighted by atomic mass is 16.1. The third kappa shape index (κ3) is 4.19. The molecule has 120 valence electrons. The number of hydrogen-bond donors (Lipinski definition) is 2. The lowest BCUT2D eigenvalue weighted by atomic mass is 9.84. The molecule has 0 unspecified atom stereocenters. The Labute approximate surface area is 129 Å². The second-order valence-electron chi connectivity index (χ2n) is 7.60. The molecule has 0 aromatic heterocycles. The van der Waals surface area contributed by atoms with Gasteiger partial charge in [0.25, 0.3) is 0 Å². The van der Waals surface area contributed by atoms with Crippen molar-refractivity contribution >= 4 is 5.91 Å². The number of amides is 1. The molecule has 3 aliphatic rings.